The average molecular weight is 385 g/mol. The van der Waals surface area contributed by atoms with Crippen LogP contribution in [0.25, 0.3) is 0 Å². The summed E-state index contributed by atoms with van der Waals surface area (Å²) in [6, 6.07) is 19.8. The molecule has 0 saturated heterocycles. The first-order valence-electron chi connectivity index (χ1n) is 8.24. The van der Waals surface area contributed by atoms with E-state index in [2.05, 4.69) is 27.6 Å². The van der Waals surface area contributed by atoms with E-state index in [-0.39, 0.29) is 11.2 Å². The molecule has 1 N–H and O–H groups in total. The molecule has 0 bridgehead atoms. The number of aromatic nitrogens is 2. The van der Waals surface area contributed by atoms with E-state index in [0.717, 1.165) is 15.2 Å². The number of carbonyl (C=O) groups excluding carboxylic acids is 1. The lowest BCUT2D eigenvalue weighted by Gasteiger charge is -2.20. The lowest BCUT2D eigenvalue weighted by Crippen LogP contribution is -2.33. The van der Waals surface area contributed by atoms with Crippen LogP contribution in [-0.4, -0.2) is 28.4 Å². The monoisotopic (exact) mass is 384 g/mol. The Morgan fingerprint density at radius 2 is 1.77 bits per heavy atom. The third-order valence-electron chi connectivity index (χ3n) is 3.79. The van der Waals surface area contributed by atoms with Crippen molar-refractivity contribution in [2.45, 2.75) is 23.1 Å². The van der Waals surface area contributed by atoms with Gasteiger partial charge in [0.2, 0.25) is 11.0 Å². The number of benzene rings is 2. The molecule has 0 saturated carbocycles. The zero-order chi connectivity index (χ0) is 18.4. The summed E-state index contributed by atoms with van der Waals surface area (Å²) in [7, 11) is 1.79. The second-order valence-electron chi connectivity index (χ2n) is 5.71. The molecular weight excluding hydrogens is 364 g/mol. The largest absolute Gasteiger partial charge is 0.356 e. The van der Waals surface area contributed by atoms with Crippen molar-refractivity contribution in [3.8, 4) is 0 Å². The minimum Gasteiger partial charge on any atom is -0.356 e. The van der Waals surface area contributed by atoms with Gasteiger partial charge in [-0.2, -0.15) is 0 Å². The van der Waals surface area contributed by atoms with Crippen molar-refractivity contribution in [3.05, 3.63) is 66.2 Å². The molecule has 0 aliphatic carbocycles. The molecule has 5 nitrogen and oxygen atoms in total. The van der Waals surface area contributed by atoms with Gasteiger partial charge in [0.15, 0.2) is 4.34 Å². The molecule has 0 spiro atoms. The van der Waals surface area contributed by atoms with Gasteiger partial charge >= 0.3 is 0 Å². The third-order valence-corrected chi connectivity index (χ3v) is 5.85. The standard InChI is InChI=1S/C19H20N4OS2/c1-14(17(24)23(2)16-11-7-4-8-12-16)25-19-22-21-18(26-19)20-13-15-9-5-3-6-10-15/h3-12,14H,13H2,1-2H3,(H,20,21)/t14-/m1/s1. The van der Waals surface area contributed by atoms with E-state index in [1.807, 2.05) is 55.5 Å². The van der Waals surface area contributed by atoms with Gasteiger partial charge in [0, 0.05) is 19.3 Å². The Morgan fingerprint density at radius 1 is 1.12 bits per heavy atom. The summed E-state index contributed by atoms with van der Waals surface area (Å²) in [6.07, 6.45) is 0. The zero-order valence-corrected chi connectivity index (χ0v) is 16.3. The van der Waals surface area contributed by atoms with Gasteiger partial charge in [-0.1, -0.05) is 71.6 Å². The van der Waals surface area contributed by atoms with Gasteiger partial charge in [-0.3, -0.25) is 4.79 Å². The molecule has 0 aliphatic rings. The molecule has 1 amide bonds. The minimum absolute atomic E-state index is 0.0372. The number of anilines is 2. The van der Waals surface area contributed by atoms with Crippen LogP contribution in [0.3, 0.4) is 0 Å². The quantitative estimate of drug-likeness (QED) is 0.616. The highest BCUT2D eigenvalue weighted by molar-refractivity contribution is 8.02. The smallest absolute Gasteiger partial charge is 0.240 e. The molecule has 3 rings (SSSR count). The first kappa shape index (κ1) is 18.4. The Hall–Kier alpha value is -2.38. The van der Waals surface area contributed by atoms with Crippen LogP contribution in [0.2, 0.25) is 0 Å². The third kappa shape index (κ3) is 4.83. The van der Waals surface area contributed by atoms with E-state index in [4.69, 9.17) is 0 Å². The fraction of sp³-hybridized carbons (Fsp3) is 0.211. The van der Waals surface area contributed by atoms with Crippen molar-refractivity contribution >= 4 is 39.8 Å². The average Bonchev–Trinajstić information content (AvgIpc) is 3.14. The number of hydrogen-bond acceptors (Lipinski definition) is 6. The summed E-state index contributed by atoms with van der Waals surface area (Å²) in [6.45, 7) is 2.59. The number of hydrogen-bond donors (Lipinski definition) is 1. The number of thioether (sulfide) groups is 1. The first-order chi connectivity index (χ1) is 12.6. The van der Waals surface area contributed by atoms with Gasteiger partial charge in [-0.15, -0.1) is 10.2 Å². The molecular formula is C19H20N4OS2. The molecule has 0 unspecified atom stereocenters. The summed E-state index contributed by atoms with van der Waals surface area (Å²) in [5.41, 5.74) is 2.07. The molecule has 0 aliphatic heterocycles. The molecule has 1 heterocycles. The molecule has 1 aromatic heterocycles. The number of carbonyl (C=O) groups is 1. The maximum Gasteiger partial charge on any atom is 0.240 e. The Balaban J connectivity index is 1.55. The Morgan fingerprint density at radius 3 is 2.46 bits per heavy atom. The molecule has 0 fully saturated rings. The lowest BCUT2D eigenvalue weighted by molar-refractivity contribution is -0.117. The van der Waals surface area contributed by atoms with Gasteiger partial charge in [-0.05, 0) is 24.6 Å². The number of nitrogens with one attached hydrogen (secondary N) is 1. The molecule has 2 aromatic carbocycles. The van der Waals surface area contributed by atoms with Gasteiger partial charge < -0.3 is 10.2 Å². The van der Waals surface area contributed by atoms with E-state index in [9.17, 15) is 4.79 Å². The van der Waals surface area contributed by atoms with Crippen LogP contribution in [0, 0.1) is 0 Å². The van der Waals surface area contributed by atoms with Crippen LogP contribution in [0.1, 0.15) is 12.5 Å². The van der Waals surface area contributed by atoms with E-state index >= 15 is 0 Å². The molecule has 134 valence electrons. The van der Waals surface area contributed by atoms with Crippen molar-refractivity contribution in [2.24, 2.45) is 0 Å². The van der Waals surface area contributed by atoms with Crippen LogP contribution in [0.4, 0.5) is 10.8 Å². The molecule has 3 aromatic rings. The number of nitrogens with zero attached hydrogens (tertiary/aromatic N) is 3. The van der Waals surface area contributed by atoms with E-state index in [0.29, 0.717) is 6.54 Å². The van der Waals surface area contributed by atoms with Crippen LogP contribution in [0.5, 0.6) is 0 Å². The van der Waals surface area contributed by atoms with Crippen molar-refractivity contribution in [1.29, 1.82) is 0 Å². The van der Waals surface area contributed by atoms with Crippen LogP contribution < -0.4 is 10.2 Å². The van der Waals surface area contributed by atoms with Crippen molar-refractivity contribution in [3.63, 3.8) is 0 Å². The van der Waals surface area contributed by atoms with Gasteiger partial charge in [0.1, 0.15) is 0 Å². The number of rotatable bonds is 7. The number of amides is 1. The Kier molecular flexibility index (Phi) is 6.25. The second kappa shape index (κ2) is 8.82. The van der Waals surface area contributed by atoms with Crippen LogP contribution >= 0.6 is 23.1 Å². The number of para-hydroxylation sites is 1. The summed E-state index contributed by atoms with van der Waals surface area (Å²) < 4.78 is 0.780. The predicted octanol–water partition coefficient (Wildman–Crippen LogP) is 4.29. The zero-order valence-electron chi connectivity index (χ0n) is 14.6. The molecule has 0 radical (unpaired) electrons. The van der Waals surface area contributed by atoms with Crippen molar-refractivity contribution in [1.82, 2.24) is 10.2 Å². The second-order valence-corrected chi connectivity index (χ2v) is 8.27. The van der Waals surface area contributed by atoms with Crippen molar-refractivity contribution < 1.29 is 4.79 Å². The van der Waals surface area contributed by atoms with E-state index < -0.39 is 0 Å². The van der Waals surface area contributed by atoms with E-state index in [1.54, 1.807) is 11.9 Å². The Bertz CT molecular complexity index is 839. The summed E-state index contributed by atoms with van der Waals surface area (Å²) in [5.74, 6) is 0.0372. The van der Waals surface area contributed by atoms with Crippen molar-refractivity contribution in [2.75, 3.05) is 17.3 Å². The van der Waals surface area contributed by atoms with Crippen LogP contribution in [0.15, 0.2) is 65.0 Å². The highest BCUT2D eigenvalue weighted by Gasteiger charge is 2.21. The molecule has 26 heavy (non-hydrogen) atoms. The topological polar surface area (TPSA) is 58.1 Å². The molecule has 1 atom stereocenters. The maximum absolute atomic E-state index is 12.6. The predicted molar refractivity (Wildman–Crippen MR) is 109 cm³/mol. The fourth-order valence-corrected chi connectivity index (χ4v) is 4.34. The highest BCUT2D eigenvalue weighted by atomic mass is 32.2. The maximum atomic E-state index is 12.6. The highest BCUT2D eigenvalue weighted by Crippen LogP contribution is 2.30. The summed E-state index contributed by atoms with van der Waals surface area (Å²) >= 11 is 2.90. The fourth-order valence-electron chi connectivity index (χ4n) is 2.36. The van der Waals surface area contributed by atoms with Gasteiger partial charge in [0.25, 0.3) is 0 Å². The SMILES string of the molecule is C[C@@H](Sc1nnc(NCc2ccccc2)s1)C(=O)N(C)c1ccccc1. The summed E-state index contributed by atoms with van der Waals surface area (Å²) in [4.78, 5) is 14.3. The summed E-state index contributed by atoms with van der Waals surface area (Å²) in [5, 5.41) is 12.1. The molecule has 7 heteroatoms. The van der Waals surface area contributed by atoms with E-state index in [1.165, 1.54) is 28.7 Å². The minimum atomic E-state index is -0.241. The normalized spacial score (nSPS) is 11.8. The lowest BCUT2D eigenvalue weighted by atomic mass is 10.2. The van der Waals surface area contributed by atoms with Gasteiger partial charge in [0.05, 0.1) is 5.25 Å². The first-order valence-corrected chi connectivity index (χ1v) is 9.93. The Labute approximate surface area is 161 Å². The van der Waals surface area contributed by atoms with Crippen LogP contribution in [-0.2, 0) is 11.3 Å². The van der Waals surface area contributed by atoms with Gasteiger partial charge in [-0.25, -0.2) is 0 Å².